The van der Waals surface area contributed by atoms with Gasteiger partial charge in [-0.05, 0) is 87.0 Å². The molecule has 0 saturated carbocycles. The second-order valence-corrected chi connectivity index (χ2v) is 11.0. The van der Waals surface area contributed by atoms with Crippen molar-refractivity contribution in [2.24, 2.45) is 5.92 Å². The highest BCUT2D eigenvalue weighted by atomic mass is 79.9. The number of halogens is 1. The normalized spacial score (nSPS) is 11.5. The van der Waals surface area contributed by atoms with Crippen molar-refractivity contribution in [1.82, 2.24) is 5.32 Å². The van der Waals surface area contributed by atoms with Crippen LogP contribution in [0.2, 0.25) is 0 Å². The SMILES string of the molecule is CC(C)(C)NC(=C(C(=O)Nc1ccc(N)cc1)C(=O)Nc1ccc(N)cc1)C(c1cccc(Br)c1)C(C#N)C#N. The second-order valence-electron chi connectivity index (χ2n) is 10.1. The van der Waals surface area contributed by atoms with Gasteiger partial charge in [0.2, 0.25) is 0 Å². The third-order valence-corrected chi connectivity index (χ3v) is 6.19. The van der Waals surface area contributed by atoms with Gasteiger partial charge in [0.15, 0.2) is 0 Å². The van der Waals surface area contributed by atoms with Crippen molar-refractivity contribution in [2.45, 2.75) is 32.2 Å². The molecule has 40 heavy (non-hydrogen) atoms. The van der Waals surface area contributed by atoms with E-state index in [0.717, 1.165) is 0 Å². The van der Waals surface area contributed by atoms with Crippen LogP contribution in [0.1, 0.15) is 32.3 Å². The summed E-state index contributed by atoms with van der Waals surface area (Å²) >= 11 is 3.45. The number of nitrogens with two attached hydrogens (primary N) is 2. The molecule has 0 spiro atoms. The Morgan fingerprint density at radius 1 is 0.825 bits per heavy atom. The number of carbonyl (C=O) groups is 2. The van der Waals surface area contributed by atoms with Crippen molar-refractivity contribution in [2.75, 3.05) is 22.1 Å². The molecule has 3 rings (SSSR count). The maximum Gasteiger partial charge on any atom is 0.263 e. The highest BCUT2D eigenvalue weighted by Crippen LogP contribution is 2.35. The van der Waals surface area contributed by atoms with Gasteiger partial charge in [0.1, 0.15) is 11.5 Å². The molecule has 0 aliphatic carbocycles. The fourth-order valence-corrected chi connectivity index (χ4v) is 4.39. The summed E-state index contributed by atoms with van der Waals surface area (Å²) in [5, 5.41) is 28.8. The van der Waals surface area contributed by atoms with Crippen LogP contribution in [0, 0.1) is 28.6 Å². The number of hydrogen-bond donors (Lipinski definition) is 5. The molecule has 0 heterocycles. The molecule has 0 aliphatic heterocycles. The van der Waals surface area contributed by atoms with Crippen LogP contribution in [0.5, 0.6) is 0 Å². The third kappa shape index (κ3) is 7.85. The fourth-order valence-electron chi connectivity index (χ4n) is 3.97. The van der Waals surface area contributed by atoms with E-state index in [-0.39, 0.29) is 11.3 Å². The molecule has 0 aromatic heterocycles. The van der Waals surface area contributed by atoms with Crippen molar-refractivity contribution in [3.8, 4) is 12.1 Å². The predicted octanol–water partition coefficient (Wildman–Crippen LogP) is 5.28. The molecule has 0 radical (unpaired) electrons. The maximum atomic E-state index is 13.9. The Balaban J connectivity index is 2.30. The van der Waals surface area contributed by atoms with Crippen LogP contribution in [0.25, 0.3) is 0 Å². The van der Waals surface area contributed by atoms with E-state index in [0.29, 0.717) is 32.8 Å². The number of nitriles is 2. The van der Waals surface area contributed by atoms with E-state index in [2.05, 4.69) is 31.9 Å². The molecular formula is C30H30BrN7O2. The van der Waals surface area contributed by atoms with Crippen molar-refractivity contribution in [3.63, 3.8) is 0 Å². The molecule has 204 valence electrons. The number of carbonyl (C=O) groups excluding carboxylic acids is 2. The van der Waals surface area contributed by atoms with Gasteiger partial charge >= 0.3 is 0 Å². The van der Waals surface area contributed by atoms with Gasteiger partial charge in [-0.1, -0.05) is 28.1 Å². The van der Waals surface area contributed by atoms with Crippen molar-refractivity contribution < 1.29 is 9.59 Å². The van der Waals surface area contributed by atoms with Gasteiger partial charge in [0, 0.05) is 38.5 Å². The summed E-state index contributed by atoms with van der Waals surface area (Å²) in [6.07, 6.45) is 0. The van der Waals surface area contributed by atoms with Gasteiger partial charge in [-0.2, -0.15) is 10.5 Å². The summed E-state index contributed by atoms with van der Waals surface area (Å²) in [6, 6.07) is 24.1. The molecule has 0 aliphatic rings. The Hall–Kier alpha value is -4.80. The number of nitrogens with one attached hydrogen (secondary N) is 3. The Morgan fingerprint density at radius 3 is 1.70 bits per heavy atom. The Bertz CT molecular complexity index is 1420. The topological polar surface area (TPSA) is 170 Å². The first kappa shape index (κ1) is 29.8. The highest BCUT2D eigenvalue weighted by Gasteiger charge is 2.36. The lowest BCUT2D eigenvalue weighted by Crippen LogP contribution is -2.42. The standard InChI is InChI=1S/C30H30BrN7O2/c1-30(2,3)38-27(25(19(16-32)17-33)18-5-4-6-20(31)15-18)26(28(39)36-23-11-7-21(34)8-12-23)29(40)37-24-13-9-22(35)10-14-24/h4-15,19,25,38H,34-35H2,1-3H3,(H,36,39)(H,37,40). The van der Waals surface area contributed by atoms with Crippen LogP contribution >= 0.6 is 15.9 Å². The first-order valence-corrected chi connectivity index (χ1v) is 13.1. The third-order valence-electron chi connectivity index (χ3n) is 5.70. The van der Waals surface area contributed by atoms with Crippen LogP contribution in [0.4, 0.5) is 22.7 Å². The zero-order valence-electron chi connectivity index (χ0n) is 22.3. The Morgan fingerprint density at radius 2 is 1.30 bits per heavy atom. The molecule has 0 fully saturated rings. The molecule has 0 saturated heterocycles. The average Bonchev–Trinajstić information content (AvgIpc) is 2.88. The summed E-state index contributed by atoms with van der Waals surface area (Å²) in [4.78, 5) is 27.8. The molecule has 7 N–H and O–H groups in total. The number of rotatable bonds is 8. The lowest BCUT2D eigenvalue weighted by molar-refractivity contribution is -0.118. The van der Waals surface area contributed by atoms with Gasteiger partial charge < -0.3 is 27.4 Å². The molecule has 9 nitrogen and oxygen atoms in total. The molecule has 10 heteroatoms. The highest BCUT2D eigenvalue weighted by molar-refractivity contribution is 9.10. The van der Waals surface area contributed by atoms with E-state index in [1.165, 1.54) is 0 Å². The van der Waals surface area contributed by atoms with Gasteiger partial charge in [0.05, 0.1) is 18.1 Å². The number of anilines is 4. The zero-order chi connectivity index (χ0) is 29.4. The fraction of sp³-hybridized carbons (Fsp3) is 0.200. The van der Waals surface area contributed by atoms with E-state index < -0.39 is 29.2 Å². The molecule has 1 unspecified atom stereocenters. The quantitative estimate of drug-likeness (QED) is 0.101. The van der Waals surface area contributed by atoms with Crippen LogP contribution in [0.15, 0.2) is 88.5 Å². The Kier molecular flexibility index (Phi) is 9.54. The minimum atomic E-state index is -1.23. The predicted molar refractivity (Wildman–Crippen MR) is 160 cm³/mol. The first-order chi connectivity index (χ1) is 18.9. The van der Waals surface area contributed by atoms with Gasteiger partial charge in [-0.15, -0.1) is 0 Å². The number of nitrogens with zero attached hydrogens (tertiary/aromatic N) is 2. The minimum absolute atomic E-state index is 0.125. The van der Waals surface area contributed by atoms with Crippen LogP contribution in [0.3, 0.4) is 0 Å². The Labute approximate surface area is 242 Å². The second kappa shape index (κ2) is 12.8. The van der Waals surface area contributed by atoms with Gasteiger partial charge in [-0.3, -0.25) is 9.59 Å². The summed E-state index contributed by atoms with van der Waals surface area (Å²) < 4.78 is 0.707. The number of hydrogen-bond acceptors (Lipinski definition) is 7. The number of allylic oxidation sites excluding steroid dienone is 1. The smallest absolute Gasteiger partial charge is 0.263 e. The summed E-state index contributed by atoms with van der Waals surface area (Å²) in [7, 11) is 0. The first-order valence-electron chi connectivity index (χ1n) is 12.3. The molecule has 3 aromatic carbocycles. The van der Waals surface area contributed by atoms with E-state index in [1.807, 2.05) is 32.9 Å². The number of amides is 2. The molecule has 0 bridgehead atoms. The lowest BCUT2D eigenvalue weighted by Gasteiger charge is -2.32. The molecule has 1 atom stereocenters. The van der Waals surface area contributed by atoms with Crippen LogP contribution in [-0.4, -0.2) is 17.4 Å². The average molecular weight is 601 g/mol. The summed E-state index contributed by atoms with van der Waals surface area (Å²) in [5.41, 5.74) is 13.1. The summed E-state index contributed by atoms with van der Waals surface area (Å²) in [5.74, 6) is -3.68. The molecule has 3 aromatic rings. The zero-order valence-corrected chi connectivity index (χ0v) is 23.9. The minimum Gasteiger partial charge on any atom is -0.399 e. The van der Waals surface area contributed by atoms with E-state index in [4.69, 9.17) is 11.5 Å². The molecule has 2 amide bonds. The largest absolute Gasteiger partial charge is 0.399 e. The van der Waals surface area contributed by atoms with E-state index >= 15 is 0 Å². The summed E-state index contributed by atoms with van der Waals surface area (Å²) in [6.45, 7) is 5.56. The van der Waals surface area contributed by atoms with Crippen molar-refractivity contribution >= 4 is 50.5 Å². The monoisotopic (exact) mass is 599 g/mol. The van der Waals surface area contributed by atoms with Gasteiger partial charge in [-0.25, -0.2) is 0 Å². The maximum absolute atomic E-state index is 13.9. The number of benzene rings is 3. The van der Waals surface area contributed by atoms with Crippen LogP contribution < -0.4 is 27.4 Å². The van der Waals surface area contributed by atoms with E-state index in [1.54, 1.807) is 72.8 Å². The lowest BCUT2D eigenvalue weighted by atomic mass is 9.81. The van der Waals surface area contributed by atoms with Crippen LogP contribution in [-0.2, 0) is 9.59 Å². The van der Waals surface area contributed by atoms with E-state index in [9.17, 15) is 20.1 Å². The van der Waals surface area contributed by atoms with Crippen molar-refractivity contribution in [3.05, 3.63) is 94.1 Å². The van der Waals surface area contributed by atoms with Gasteiger partial charge in [0.25, 0.3) is 11.8 Å². The molecular weight excluding hydrogens is 570 g/mol. The number of nitrogen functional groups attached to an aromatic ring is 2. The van der Waals surface area contributed by atoms with Crippen molar-refractivity contribution in [1.29, 1.82) is 10.5 Å².